The molecule has 4 N–H and O–H groups in total. The summed E-state index contributed by atoms with van der Waals surface area (Å²) < 4.78 is 0. The number of imide groups is 1. The van der Waals surface area contributed by atoms with Crippen molar-refractivity contribution < 1.29 is 19.2 Å². The van der Waals surface area contributed by atoms with Crippen LogP contribution in [0.15, 0.2) is 0 Å². The van der Waals surface area contributed by atoms with Gasteiger partial charge in [-0.25, -0.2) is 0 Å². The number of amides is 4. The van der Waals surface area contributed by atoms with Crippen molar-refractivity contribution in [3.63, 3.8) is 0 Å². The van der Waals surface area contributed by atoms with Crippen LogP contribution < -0.4 is 21.3 Å². The van der Waals surface area contributed by atoms with Crippen LogP contribution in [0.2, 0.25) is 0 Å². The van der Waals surface area contributed by atoms with Crippen LogP contribution in [-0.2, 0) is 19.2 Å². The third-order valence-corrected chi connectivity index (χ3v) is 3.66. The highest BCUT2D eigenvalue weighted by Gasteiger charge is 2.38. The minimum atomic E-state index is -1.23. The van der Waals surface area contributed by atoms with E-state index in [9.17, 15) is 19.2 Å². The van der Waals surface area contributed by atoms with Crippen molar-refractivity contribution in [1.29, 1.82) is 0 Å². The van der Waals surface area contributed by atoms with Gasteiger partial charge in [-0.2, -0.15) is 0 Å². The van der Waals surface area contributed by atoms with Crippen LogP contribution in [-0.4, -0.2) is 47.8 Å². The molecule has 2 rings (SSSR count). The number of β-lactam (4-membered cyclic amide) rings is 1. The molecular formula is C13H20N4O4. The fourth-order valence-corrected chi connectivity index (χ4v) is 2.23. The molecule has 8 nitrogen and oxygen atoms in total. The number of carbonyl (C=O) groups is 4. The first-order valence-corrected chi connectivity index (χ1v) is 6.99. The molecule has 0 saturated carbocycles. The van der Waals surface area contributed by atoms with Crippen molar-refractivity contribution in [3.8, 4) is 0 Å². The lowest BCUT2D eigenvalue weighted by Crippen LogP contribution is -2.64. The molecule has 0 bridgehead atoms. The summed E-state index contributed by atoms with van der Waals surface area (Å²) in [4.78, 5) is 46.6. The predicted molar refractivity (Wildman–Crippen MR) is 72.9 cm³/mol. The van der Waals surface area contributed by atoms with E-state index in [1.165, 1.54) is 13.8 Å². The van der Waals surface area contributed by atoms with Gasteiger partial charge in [0.2, 0.25) is 17.7 Å². The highest BCUT2D eigenvalue weighted by molar-refractivity contribution is 6.04. The Morgan fingerprint density at radius 1 is 1.19 bits per heavy atom. The predicted octanol–water partition coefficient (Wildman–Crippen LogP) is -1.84. The van der Waals surface area contributed by atoms with Gasteiger partial charge in [0.15, 0.2) is 0 Å². The van der Waals surface area contributed by atoms with E-state index >= 15 is 0 Å². The summed E-state index contributed by atoms with van der Waals surface area (Å²) in [5.74, 6) is -1.57. The molecule has 0 radical (unpaired) electrons. The highest BCUT2D eigenvalue weighted by Crippen LogP contribution is 2.10. The highest BCUT2D eigenvalue weighted by atomic mass is 16.2. The first-order chi connectivity index (χ1) is 9.79. The van der Waals surface area contributed by atoms with Crippen LogP contribution in [0.25, 0.3) is 0 Å². The van der Waals surface area contributed by atoms with Crippen LogP contribution in [0.4, 0.5) is 0 Å². The molecule has 2 aliphatic heterocycles. The Kier molecular flexibility index (Phi) is 4.26. The Balaban J connectivity index is 1.85. The summed E-state index contributed by atoms with van der Waals surface area (Å²) in [6.45, 7) is 3.78. The summed E-state index contributed by atoms with van der Waals surface area (Å²) in [5, 5.41) is 10.3. The Morgan fingerprint density at radius 3 is 2.38 bits per heavy atom. The first kappa shape index (κ1) is 15.4. The van der Waals surface area contributed by atoms with Crippen LogP contribution in [0.5, 0.6) is 0 Å². The fourth-order valence-electron chi connectivity index (χ4n) is 2.23. The second-order valence-electron chi connectivity index (χ2n) is 5.91. The maximum Gasteiger partial charge on any atom is 0.251 e. The van der Waals surface area contributed by atoms with Crippen molar-refractivity contribution >= 4 is 23.6 Å². The van der Waals surface area contributed by atoms with Gasteiger partial charge >= 0.3 is 0 Å². The summed E-state index contributed by atoms with van der Waals surface area (Å²) in [7, 11) is 0. The van der Waals surface area contributed by atoms with Crippen LogP contribution in [0, 0.1) is 0 Å². The molecule has 0 aromatic rings. The molecule has 4 amide bonds. The standard InChI is InChI=1S/C13H20N4O4/c1-13(2,17-11(20)8-6-9(18)15-8)12(21)16-10(19)7-4-3-5-14-7/h7-8,14H,3-6H2,1-2H3,(H,15,18)(H,17,20)(H,16,19,21)/t7-,8-/m0/s1. The molecule has 2 saturated heterocycles. The summed E-state index contributed by atoms with van der Waals surface area (Å²) in [6, 6.07) is -0.955. The number of carbonyl (C=O) groups excluding carboxylic acids is 4. The van der Waals surface area contributed by atoms with Crippen LogP contribution >= 0.6 is 0 Å². The normalized spacial score (nSPS) is 24.8. The SMILES string of the molecule is CC(C)(NC(=O)[C@@H]1CC(=O)N1)C(=O)NC(=O)[C@@H]1CCCN1. The van der Waals surface area contributed by atoms with E-state index in [0.29, 0.717) is 6.42 Å². The van der Waals surface area contributed by atoms with E-state index in [4.69, 9.17) is 0 Å². The van der Waals surface area contributed by atoms with Gasteiger partial charge in [0.05, 0.1) is 12.5 Å². The maximum absolute atomic E-state index is 12.1. The minimum Gasteiger partial charge on any atom is -0.344 e. The molecule has 0 unspecified atom stereocenters. The summed E-state index contributed by atoms with van der Waals surface area (Å²) >= 11 is 0. The lowest BCUT2D eigenvalue weighted by molar-refractivity contribution is -0.141. The molecular weight excluding hydrogens is 276 g/mol. The zero-order valence-electron chi connectivity index (χ0n) is 12.1. The Hall–Kier alpha value is -1.96. The second kappa shape index (κ2) is 5.80. The van der Waals surface area contributed by atoms with E-state index in [2.05, 4.69) is 21.3 Å². The van der Waals surface area contributed by atoms with E-state index in [0.717, 1.165) is 13.0 Å². The molecule has 21 heavy (non-hydrogen) atoms. The van der Waals surface area contributed by atoms with Gasteiger partial charge in [-0.3, -0.25) is 24.5 Å². The summed E-state index contributed by atoms with van der Waals surface area (Å²) in [6.07, 6.45) is 1.71. The topological polar surface area (TPSA) is 116 Å². The van der Waals surface area contributed by atoms with E-state index < -0.39 is 23.4 Å². The van der Waals surface area contributed by atoms with Gasteiger partial charge in [-0.15, -0.1) is 0 Å². The Morgan fingerprint density at radius 2 is 1.86 bits per heavy atom. The van der Waals surface area contributed by atoms with Gasteiger partial charge < -0.3 is 16.0 Å². The van der Waals surface area contributed by atoms with Gasteiger partial charge in [0, 0.05) is 0 Å². The molecule has 2 heterocycles. The van der Waals surface area contributed by atoms with Crippen molar-refractivity contribution in [2.75, 3.05) is 6.54 Å². The Labute approximate surface area is 122 Å². The van der Waals surface area contributed by atoms with Gasteiger partial charge in [-0.05, 0) is 33.2 Å². The van der Waals surface area contributed by atoms with Gasteiger partial charge in [-0.1, -0.05) is 0 Å². The summed E-state index contributed by atoms with van der Waals surface area (Å²) in [5.41, 5.74) is -1.23. The lowest BCUT2D eigenvalue weighted by Gasteiger charge is -2.31. The van der Waals surface area contributed by atoms with E-state index in [1.54, 1.807) is 0 Å². The molecule has 0 aromatic carbocycles. The average molecular weight is 296 g/mol. The smallest absolute Gasteiger partial charge is 0.251 e. The zero-order chi connectivity index (χ0) is 15.6. The van der Waals surface area contributed by atoms with Crippen LogP contribution in [0.3, 0.4) is 0 Å². The van der Waals surface area contributed by atoms with Crippen molar-refractivity contribution in [2.45, 2.75) is 50.7 Å². The minimum absolute atomic E-state index is 0.120. The average Bonchev–Trinajstić information content (AvgIpc) is 2.88. The quantitative estimate of drug-likeness (QED) is 0.455. The van der Waals surface area contributed by atoms with E-state index in [-0.39, 0.29) is 24.3 Å². The number of hydrogen-bond acceptors (Lipinski definition) is 5. The van der Waals surface area contributed by atoms with Crippen molar-refractivity contribution in [3.05, 3.63) is 0 Å². The van der Waals surface area contributed by atoms with E-state index in [1.807, 2.05) is 0 Å². The molecule has 0 aromatic heterocycles. The monoisotopic (exact) mass is 296 g/mol. The molecule has 116 valence electrons. The third kappa shape index (κ3) is 3.57. The molecule has 2 atom stereocenters. The number of rotatable bonds is 4. The fraction of sp³-hybridized carbons (Fsp3) is 0.692. The number of hydrogen-bond donors (Lipinski definition) is 4. The Bertz CT molecular complexity index is 475. The molecule has 2 fully saturated rings. The number of nitrogens with one attached hydrogen (secondary N) is 4. The maximum atomic E-state index is 12.1. The van der Waals surface area contributed by atoms with Gasteiger partial charge in [0.25, 0.3) is 5.91 Å². The van der Waals surface area contributed by atoms with Crippen LogP contribution in [0.1, 0.15) is 33.1 Å². The molecule has 0 aliphatic carbocycles. The van der Waals surface area contributed by atoms with Crippen molar-refractivity contribution in [2.24, 2.45) is 0 Å². The molecule has 0 spiro atoms. The largest absolute Gasteiger partial charge is 0.344 e. The second-order valence-corrected chi connectivity index (χ2v) is 5.91. The van der Waals surface area contributed by atoms with Gasteiger partial charge in [0.1, 0.15) is 11.6 Å². The third-order valence-electron chi connectivity index (χ3n) is 3.66. The molecule has 8 heteroatoms. The zero-order valence-corrected chi connectivity index (χ0v) is 12.1. The first-order valence-electron chi connectivity index (χ1n) is 6.99. The van der Waals surface area contributed by atoms with Crippen molar-refractivity contribution in [1.82, 2.24) is 21.3 Å². The molecule has 2 aliphatic rings. The lowest BCUT2D eigenvalue weighted by atomic mass is 10.00.